The summed E-state index contributed by atoms with van der Waals surface area (Å²) in [4.78, 5) is 2.11. The lowest BCUT2D eigenvalue weighted by Gasteiger charge is -2.22. The van der Waals surface area contributed by atoms with Gasteiger partial charge in [-0.25, -0.2) is 0 Å². The van der Waals surface area contributed by atoms with Gasteiger partial charge in [0, 0.05) is 18.6 Å². The lowest BCUT2D eigenvalue weighted by molar-refractivity contribution is 0.590. The van der Waals surface area contributed by atoms with E-state index >= 15 is 0 Å². The van der Waals surface area contributed by atoms with E-state index in [2.05, 4.69) is 73.9 Å². The zero-order valence-corrected chi connectivity index (χ0v) is 11.1. The third-order valence-corrected chi connectivity index (χ3v) is 2.93. The minimum atomic E-state index is 0.216. The number of rotatable bonds is 1. The molecular formula is C12H18BrN. The van der Waals surface area contributed by atoms with E-state index in [0.29, 0.717) is 0 Å². The third-order valence-electron chi connectivity index (χ3n) is 2.30. The summed E-state index contributed by atoms with van der Waals surface area (Å²) in [5.74, 6) is 0. The molecule has 0 aliphatic heterocycles. The van der Waals surface area contributed by atoms with Crippen molar-refractivity contribution in [3.63, 3.8) is 0 Å². The van der Waals surface area contributed by atoms with Gasteiger partial charge in [0.15, 0.2) is 0 Å². The smallest absolute Gasteiger partial charge is 0.0505 e. The quantitative estimate of drug-likeness (QED) is 0.738. The summed E-state index contributed by atoms with van der Waals surface area (Å²) < 4.78 is 1.16. The molecule has 1 rings (SSSR count). The molecule has 2 heteroatoms. The maximum atomic E-state index is 3.60. The lowest BCUT2D eigenvalue weighted by Crippen LogP contribution is -2.13. The molecule has 0 spiro atoms. The molecule has 0 aliphatic carbocycles. The fourth-order valence-corrected chi connectivity index (χ4v) is 2.07. The Bertz CT molecular complexity index is 324. The van der Waals surface area contributed by atoms with Crippen molar-refractivity contribution in [3.8, 4) is 0 Å². The van der Waals surface area contributed by atoms with Crippen molar-refractivity contribution in [1.29, 1.82) is 0 Å². The SMILES string of the molecule is CN(C)c1ccc(C(C)(C)C)cc1Br. The normalized spacial score (nSPS) is 11.6. The number of nitrogens with zero attached hydrogens (tertiary/aromatic N) is 1. The van der Waals surface area contributed by atoms with Gasteiger partial charge in [-0.2, -0.15) is 0 Å². The number of hydrogen-bond donors (Lipinski definition) is 0. The van der Waals surface area contributed by atoms with Gasteiger partial charge in [0.05, 0.1) is 5.69 Å². The van der Waals surface area contributed by atoms with Gasteiger partial charge < -0.3 is 4.90 Å². The van der Waals surface area contributed by atoms with Crippen LogP contribution in [0.3, 0.4) is 0 Å². The standard InChI is InChI=1S/C12H18BrN/c1-12(2,3)9-6-7-11(14(4)5)10(13)8-9/h6-8H,1-5H3. The van der Waals surface area contributed by atoms with Crippen molar-refractivity contribution in [2.45, 2.75) is 26.2 Å². The van der Waals surface area contributed by atoms with Crippen LogP contribution in [0.2, 0.25) is 0 Å². The second-order valence-corrected chi connectivity index (χ2v) is 5.66. The van der Waals surface area contributed by atoms with Gasteiger partial charge in [-0.05, 0) is 39.0 Å². The van der Waals surface area contributed by atoms with Gasteiger partial charge in [0.1, 0.15) is 0 Å². The average molecular weight is 256 g/mol. The second kappa shape index (κ2) is 3.93. The Morgan fingerprint density at radius 2 is 1.71 bits per heavy atom. The highest BCUT2D eigenvalue weighted by Gasteiger charge is 2.14. The Kier molecular flexibility index (Phi) is 3.25. The van der Waals surface area contributed by atoms with Gasteiger partial charge in [-0.3, -0.25) is 0 Å². The van der Waals surface area contributed by atoms with Crippen LogP contribution in [0.25, 0.3) is 0 Å². The number of benzene rings is 1. The van der Waals surface area contributed by atoms with E-state index in [1.807, 2.05) is 0 Å². The Balaban J connectivity index is 3.13. The fraction of sp³-hybridized carbons (Fsp3) is 0.500. The zero-order chi connectivity index (χ0) is 10.9. The molecule has 0 saturated heterocycles. The molecule has 1 nitrogen and oxygen atoms in total. The van der Waals surface area contributed by atoms with E-state index in [1.165, 1.54) is 11.3 Å². The fourth-order valence-electron chi connectivity index (χ4n) is 1.34. The van der Waals surface area contributed by atoms with E-state index in [1.54, 1.807) is 0 Å². The van der Waals surface area contributed by atoms with Crippen molar-refractivity contribution in [2.75, 3.05) is 19.0 Å². The first kappa shape index (κ1) is 11.6. The molecule has 0 amide bonds. The van der Waals surface area contributed by atoms with Crippen LogP contribution in [0.5, 0.6) is 0 Å². The summed E-state index contributed by atoms with van der Waals surface area (Å²) in [6.07, 6.45) is 0. The molecule has 0 fully saturated rings. The van der Waals surface area contributed by atoms with E-state index in [0.717, 1.165) is 4.47 Å². The molecule has 14 heavy (non-hydrogen) atoms. The third kappa shape index (κ3) is 2.50. The number of hydrogen-bond acceptors (Lipinski definition) is 1. The minimum Gasteiger partial charge on any atom is -0.377 e. The number of anilines is 1. The monoisotopic (exact) mass is 255 g/mol. The van der Waals surface area contributed by atoms with Gasteiger partial charge in [-0.1, -0.05) is 26.8 Å². The van der Waals surface area contributed by atoms with Crippen LogP contribution in [-0.4, -0.2) is 14.1 Å². The van der Waals surface area contributed by atoms with E-state index in [-0.39, 0.29) is 5.41 Å². The van der Waals surface area contributed by atoms with Crippen LogP contribution in [0, 0.1) is 0 Å². The topological polar surface area (TPSA) is 3.24 Å². The van der Waals surface area contributed by atoms with Crippen LogP contribution < -0.4 is 4.90 Å². The van der Waals surface area contributed by atoms with Crippen molar-refractivity contribution < 1.29 is 0 Å². The lowest BCUT2D eigenvalue weighted by atomic mass is 9.87. The van der Waals surface area contributed by atoms with Crippen molar-refractivity contribution in [3.05, 3.63) is 28.2 Å². The Labute approximate surface area is 95.2 Å². The largest absolute Gasteiger partial charge is 0.377 e. The highest BCUT2D eigenvalue weighted by Crippen LogP contribution is 2.31. The molecule has 0 unspecified atom stereocenters. The summed E-state index contributed by atoms with van der Waals surface area (Å²) in [5.41, 5.74) is 2.79. The molecule has 1 aromatic carbocycles. The molecule has 0 atom stereocenters. The Morgan fingerprint density at radius 3 is 2.07 bits per heavy atom. The average Bonchev–Trinajstić information content (AvgIpc) is 2.01. The predicted molar refractivity (Wildman–Crippen MR) is 67.2 cm³/mol. The summed E-state index contributed by atoms with van der Waals surface area (Å²) in [5, 5.41) is 0. The van der Waals surface area contributed by atoms with Crippen molar-refractivity contribution in [2.24, 2.45) is 0 Å². The van der Waals surface area contributed by atoms with Crippen LogP contribution in [0.15, 0.2) is 22.7 Å². The molecule has 0 aromatic heterocycles. The summed E-state index contributed by atoms with van der Waals surface area (Å²) in [7, 11) is 4.10. The van der Waals surface area contributed by atoms with Crippen molar-refractivity contribution >= 4 is 21.6 Å². The van der Waals surface area contributed by atoms with E-state index in [4.69, 9.17) is 0 Å². The van der Waals surface area contributed by atoms with Gasteiger partial charge in [-0.15, -0.1) is 0 Å². The predicted octanol–water partition coefficient (Wildman–Crippen LogP) is 3.81. The maximum absolute atomic E-state index is 3.60. The molecule has 0 saturated carbocycles. The summed E-state index contributed by atoms with van der Waals surface area (Å²) in [6.45, 7) is 6.68. The highest BCUT2D eigenvalue weighted by molar-refractivity contribution is 9.10. The van der Waals surface area contributed by atoms with Crippen LogP contribution in [0.1, 0.15) is 26.3 Å². The zero-order valence-electron chi connectivity index (χ0n) is 9.56. The van der Waals surface area contributed by atoms with E-state index < -0.39 is 0 Å². The first-order valence-electron chi connectivity index (χ1n) is 4.80. The molecule has 78 valence electrons. The Morgan fingerprint density at radius 1 is 1.14 bits per heavy atom. The molecular weight excluding hydrogens is 238 g/mol. The molecule has 1 aromatic rings. The maximum Gasteiger partial charge on any atom is 0.0505 e. The van der Waals surface area contributed by atoms with Crippen molar-refractivity contribution in [1.82, 2.24) is 0 Å². The molecule has 0 aliphatic rings. The first-order valence-corrected chi connectivity index (χ1v) is 5.59. The van der Waals surface area contributed by atoms with Crippen LogP contribution >= 0.6 is 15.9 Å². The van der Waals surface area contributed by atoms with Crippen LogP contribution in [0.4, 0.5) is 5.69 Å². The minimum absolute atomic E-state index is 0.216. The van der Waals surface area contributed by atoms with Crippen LogP contribution in [-0.2, 0) is 5.41 Å². The Hall–Kier alpha value is -0.500. The number of halogens is 1. The summed E-state index contributed by atoms with van der Waals surface area (Å²) >= 11 is 3.60. The molecule has 0 N–H and O–H groups in total. The first-order chi connectivity index (χ1) is 6.32. The van der Waals surface area contributed by atoms with E-state index in [9.17, 15) is 0 Å². The van der Waals surface area contributed by atoms with Gasteiger partial charge in [0.25, 0.3) is 0 Å². The second-order valence-electron chi connectivity index (χ2n) is 4.81. The molecule has 0 bridgehead atoms. The van der Waals surface area contributed by atoms with Gasteiger partial charge in [0.2, 0.25) is 0 Å². The highest BCUT2D eigenvalue weighted by atomic mass is 79.9. The summed E-state index contributed by atoms with van der Waals surface area (Å²) in [6, 6.07) is 6.56. The molecule has 0 heterocycles. The van der Waals surface area contributed by atoms with Gasteiger partial charge >= 0.3 is 0 Å². The molecule has 0 radical (unpaired) electrons.